The average molecular weight is 222 g/mol. The van der Waals surface area contributed by atoms with Crippen LogP contribution in [0.2, 0.25) is 0 Å². The van der Waals surface area contributed by atoms with Gasteiger partial charge in [-0.2, -0.15) is 0 Å². The van der Waals surface area contributed by atoms with Crippen molar-refractivity contribution in [2.45, 2.75) is 0 Å². The highest BCUT2D eigenvalue weighted by Crippen LogP contribution is 2.24. The second-order valence-corrected chi connectivity index (χ2v) is 3.29. The molecule has 0 saturated carbocycles. The molecule has 0 saturated heterocycles. The molecule has 0 fully saturated rings. The van der Waals surface area contributed by atoms with Crippen LogP contribution in [0, 0.1) is 11.6 Å². The monoisotopic (exact) mass is 222 g/mol. The topological polar surface area (TPSA) is 58.9 Å². The van der Waals surface area contributed by atoms with Gasteiger partial charge in [0.05, 0.1) is 0 Å². The van der Waals surface area contributed by atoms with E-state index in [0.717, 1.165) is 18.2 Å². The number of H-pyrrole nitrogens is 1. The number of amides is 1. The van der Waals surface area contributed by atoms with Crippen molar-refractivity contribution in [1.82, 2.24) is 4.98 Å². The van der Waals surface area contributed by atoms with Crippen molar-refractivity contribution in [3.05, 3.63) is 47.8 Å². The Morgan fingerprint density at radius 3 is 2.38 bits per heavy atom. The molecule has 1 aromatic heterocycles. The summed E-state index contributed by atoms with van der Waals surface area (Å²) in [7, 11) is 0. The van der Waals surface area contributed by atoms with E-state index >= 15 is 0 Å². The Labute approximate surface area is 89.9 Å². The number of primary amides is 1. The minimum Gasteiger partial charge on any atom is -0.364 e. The zero-order chi connectivity index (χ0) is 11.7. The van der Waals surface area contributed by atoms with E-state index in [1.165, 1.54) is 12.3 Å². The Bertz CT molecular complexity index is 528. The molecule has 2 aromatic rings. The number of carbonyl (C=O) groups excluding carboxylic acids is 1. The minimum atomic E-state index is -0.702. The van der Waals surface area contributed by atoms with Crippen molar-refractivity contribution < 1.29 is 13.6 Å². The number of nitrogens with two attached hydrogens (primary N) is 1. The lowest BCUT2D eigenvalue weighted by molar-refractivity contribution is 0.0997. The Hall–Kier alpha value is -2.17. The van der Waals surface area contributed by atoms with Crippen LogP contribution in [-0.2, 0) is 0 Å². The molecule has 0 aliphatic carbocycles. The Kier molecular flexibility index (Phi) is 2.44. The summed E-state index contributed by atoms with van der Waals surface area (Å²) < 4.78 is 26.0. The van der Waals surface area contributed by atoms with Crippen LogP contribution in [0.25, 0.3) is 11.1 Å². The molecule has 0 bridgehead atoms. The van der Waals surface area contributed by atoms with Crippen molar-refractivity contribution in [2.24, 2.45) is 5.73 Å². The normalized spacial score (nSPS) is 10.4. The molecule has 0 spiro atoms. The number of aromatic amines is 1. The highest BCUT2D eigenvalue weighted by Gasteiger charge is 2.12. The first-order valence-corrected chi connectivity index (χ1v) is 4.51. The molecule has 3 nitrogen and oxygen atoms in total. The van der Waals surface area contributed by atoms with E-state index in [1.54, 1.807) is 0 Å². The van der Waals surface area contributed by atoms with Gasteiger partial charge in [0.25, 0.3) is 5.91 Å². The predicted octanol–water partition coefficient (Wildman–Crippen LogP) is 2.06. The fourth-order valence-electron chi connectivity index (χ4n) is 1.52. The smallest absolute Gasteiger partial charge is 0.265 e. The summed E-state index contributed by atoms with van der Waals surface area (Å²) in [6, 6.07) is 4.58. The molecule has 0 aliphatic rings. The van der Waals surface area contributed by atoms with Crippen LogP contribution in [-0.4, -0.2) is 10.9 Å². The van der Waals surface area contributed by atoms with Gasteiger partial charge in [-0.15, -0.1) is 0 Å². The average Bonchev–Trinajstić information content (AvgIpc) is 2.63. The molecule has 82 valence electrons. The Morgan fingerprint density at radius 2 is 1.81 bits per heavy atom. The fraction of sp³-hybridized carbons (Fsp3) is 0. The molecule has 5 heteroatoms. The van der Waals surface area contributed by atoms with Crippen molar-refractivity contribution in [3.8, 4) is 11.1 Å². The van der Waals surface area contributed by atoms with Gasteiger partial charge in [0.1, 0.15) is 17.3 Å². The maximum Gasteiger partial charge on any atom is 0.265 e. The third-order valence-electron chi connectivity index (χ3n) is 2.17. The van der Waals surface area contributed by atoms with Crippen LogP contribution in [0.5, 0.6) is 0 Å². The second kappa shape index (κ2) is 3.77. The first-order chi connectivity index (χ1) is 7.58. The molecule has 0 unspecified atom stereocenters. The molecular formula is C11H8F2N2O. The Morgan fingerprint density at radius 1 is 1.19 bits per heavy atom. The number of nitrogens with one attached hydrogen (secondary N) is 1. The Balaban J connectivity index is 2.58. The van der Waals surface area contributed by atoms with Gasteiger partial charge in [-0.25, -0.2) is 8.78 Å². The van der Waals surface area contributed by atoms with Crippen molar-refractivity contribution in [1.29, 1.82) is 0 Å². The molecule has 0 radical (unpaired) electrons. The number of carbonyl (C=O) groups is 1. The lowest BCUT2D eigenvalue weighted by Crippen LogP contribution is -2.12. The molecule has 1 heterocycles. The van der Waals surface area contributed by atoms with Gasteiger partial charge in [-0.3, -0.25) is 4.79 Å². The van der Waals surface area contributed by atoms with Gasteiger partial charge < -0.3 is 10.7 Å². The largest absolute Gasteiger partial charge is 0.364 e. The van der Waals surface area contributed by atoms with E-state index in [2.05, 4.69) is 4.98 Å². The highest BCUT2D eigenvalue weighted by atomic mass is 19.1. The van der Waals surface area contributed by atoms with E-state index in [1.807, 2.05) is 0 Å². The molecule has 0 aliphatic heterocycles. The van der Waals surface area contributed by atoms with E-state index in [0.29, 0.717) is 5.56 Å². The minimum absolute atomic E-state index is 0.130. The molecule has 3 N–H and O–H groups in total. The zero-order valence-electron chi connectivity index (χ0n) is 8.13. The number of hydrogen-bond donors (Lipinski definition) is 2. The van der Waals surface area contributed by atoms with Gasteiger partial charge in [0.15, 0.2) is 0 Å². The summed E-state index contributed by atoms with van der Waals surface area (Å²) >= 11 is 0. The number of halogens is 2. The SMILES string of the molecule is NC(=O)c1[nH]ccc1-c1cc(F)cc(F)c1. The highest BCUT2D eigenvalue weighted by molar-refractivity contribution is 5.98. The third kappa shape index (κ3) is 1.79. The molecular weight excluding hydrogens is 214 g/mol. The zero-order valence-corrected chi connectivity index (χ0v) is 8.13. The number of hydrogen-bond acceptors (Lipinski definition) is 1. The summed E-state index contributed by atoms with van der Waals surface area (Å²) in [4.78, 5) is 13.7. The standard InChI is InChI=1S/C11H8F2N2O/c12-7-3-6(4-8(13)5-7)9-1-2-15-10(9)11(14)16/h1-5,15H,(H2,14,16). The number of benzene rings is 1. The van der Waals surface area contributed by atoms with Gasteiger partial charge in [-0.1, -0.05) is 0 Å². The van der Waals surface area contributed by atoms with Crippen LogP contribution < -0.4 is 5.73 Å². The third-order valence-corrected chi connectivity index (χ3v) is 2.17. The summed E-state index contributed by atoms with van der Waals surface area (Å²) in [5.74, 6) is -2.08. The summed E-state index contributed by atoms with van der Waals surface area (Å²) in [6.07, 6.45) is 1.48. The predicted molar refractivity (Wildman–Crippen MR) is 54.7 cm³/mol. The van der Waals surface area contributed by atoms with Crippen LogP contribution in [0.3, 0.4) is 0 Å². The summed E-state index contributed by atoms with van der Waals surface area (Å²) in [5, 5.41) is 0. The molecule has 16 heavy (non-hydrogen) atoms. The first kappa shape index (κ1) is 10.4. The van der Waals surface area contributed by atoms with Crippen molar-refractivity contribution >= 4 is 5.91 Å². The summed E-state index contributed by atoms with van der Waals surface area (Å²) in [6.45, 7) is 0. The van der Waals surface area contributed by atoms with E-state index in [9.17, 15) is 13.6 Å². The lowest BCUT2D eigenvalue weighted by Gasteiger charge is -2.02. The molecule has 0 atom stereocenters. The van der Waals surface area contributed by atoms with E-state index in [-0.39, 0.29) is 11.3 Å². The number of rotatable bonds is 2. The van der Waals surface area contributed by atoms with Crippen LogP contribution in [0.15, 0.2) is 30.5 Å². The van der Waals surface area contributed by atoms with Gasteiger partial charge in [-0.05, 0) is 23.8 Å². The van der Waals surface area contributed by atoms with Crippen molar-refractivity contribution in [3.63, 3.8) is 0 Å². The van der Waals surface area contributed by atoms with Crippen LogP contribution in [0.4, 0.5) is 8.78 Å². The molecule has 2 rings (SSSR count). The van der Waals surface area contributed by atoms with E-state index < -0.39 is 17.5 Å². The number of aromatic nitrogens is 1. The van der Waals surface area contributed by atoms with Crippen LogP contribution in [0.1, 0.15) is 10.5 Å². The fourth-order valence-corrected chi connectivity index (χ4v) is 1.52. The van der Waals surface area contributed by atoms with E-state index in [4.69, 9.17) is 5.73 Å². The molecule has 1 amide bonds. The second-order valence-electron chi connectivity index (χ2n) is 3.29. The van der Waals surface area contributed by atoms with Gasteiger partial charge in [0, 0.05) is 17.8 Å². The lowest BCUT2D eigenvalue weighted by atomic mass is 10.1. The first-order valence-electron chi connectivity index (χ1n) is 4.51. The van der Waals surface area contributed by atoms with Crippen molar-refractivity contribution in [2.75, 3.05) is 0 Å². The van der Waals surface area contributed by atoms with Gasteiger partial charge >= 0.3 is 0 Å². The van der Waals surface area contributed by atoms with Gasteiger partial charge in [0.2, 0.25) is 0 Å². The quantitative estimate of drug-likeness (QED) is 0.802. The maximum absolute atomic E-state index is 13.0. The van der Waals surface area contributed by atoms with Crippen LogP contribution >= 0.6 is 0 Å². The maximum atomic E-state index is 13.0. The molecule has 1 aromatic carbocycles. The summed E-state index contributed by atoms with van der Waals surface area (Å²) in [5.41, 5.74) is 5.90.